The highest BCUT2D eigenvalue weighted by molar-refractivity contribution is 5.77. The zero-order chi connectivity index (χ0) is 21.2. The number of hydrogen-bond acceptors (Lipinski definition) is 4. The van der Waals surface area contributed by atoms with Crippen molar-refractivity contribution in [3.63, 3.8) is 0 Å². The molecule has 0 aliphatic heterocycles. The standard InChI is InChI=1S/C23H20N6O2/c30-21(24-12-11-17-7-3-1-4-8-17)16-29-23(31)27-13-14-28-20(22(27)26-29)15-19(25-28)18-9-5-2-6-10-18/h1-10,13-15H,11-12,16H2,(H,24,30). The molecule has 5 rings (SSSR count). The number of carbonyl (C=O) groups excluding carboxylic acids is 1. The van der Waals surface area contributed by atoms with E-state index in [0.29, 0.717) is 17.7 Å². The van der Waals surface area contributed by atoms with Crippen LogP contribution in [0.4, 0.5) is 0 Å². The summed E-state index contributed by atoms with van der Waals surface area (Å²) in [6.45, 7) is 0.361. The first-order valence-corrected chi connectivity index (χ1v) is 10.0. The van der Waals surface area contributed by atoms with Crippen LogP contribution in [0.5, 0.6) is 0 Å². The van der Waals surface area contributed by atoms with Gasteiger partial charge in [0.25, 0.3) is 0 Å². The lowest BCUT2D eigenvalue weighted by Gasteiger charge is -2.04. The first-order valence-electron chi connectivity index (χ1n) is 10.0. The Morgan fingerprint density at radius 1 is 0.935 bits per heavy atom. The second kappa shape index (κ2) is 7.91. The van der Waals surface area contributed by atoms with Crippen LogP contribution in [0.15, 0.2) is 83.9 Å². The molecule has 0 aliphatic carbocycles. The first-order chi connectivity index (χ1) is 15.2. The number of nitrogens with zero attached hydrogens (tertiary/aromatic N) is 5. The fourth-order valence-electron chi connectivity index (χ4n) is 3.57. The van der Waals surface area contributed by atoms with Crippen LogP contribution in [0, 0.1) is 0 Å². The maximum absolute atomic E-state index is 12.7. The molecule has 3 heterocycles. The number of carbonyl (C=O) groups is 1. The summed E-state index contributed by atoms with van der Waals surface area (Å²) in [5.74, 6) is -0.254. The molecule has 31 heavy (non-hydrogen) atoms. The summed E-state index contributed by atoms with van der Waals surface area (Å²) >= 11 is 0. The van der Waals surface area contributed by atoms with E-state index < -0.39 is 0 Å². The summed E-state index contributed by atoms with van der Waals surface area (Å²) in [5.41, 5.74) is 3.70. The van der Waals surface area contributed by atoms with Gasteiger partial charge in [-0.3, -0.25) is 4.79 Å². The Bertz CT molecular complexity index is 1420. The lowest BCUT2D eigenvalue weighted by molar-refractivity contribution is -0.121. The molecular formula is C23H20N6O2. The van der Waals surface area contributed by atoms with Crippen LogP contribution in [-0.4, -0.2) is 36.2 Å². The van der Waals surface area contributed by atoms with Crippen LogP contribution in [0.25, 0.3) is 22.4 Å². The van der Waals surface area contributed by atoms with Gasteiger partial charge in [-0.25, -0.2) is 18.4 Å². The van der Waals surface area contributed by atoms with Crippen molar-refractivity contribution in [3.05, 3.63) is 95.2 Å². The highest BCUT2D eigenvalue weighted by Crippen LogP contribution is 2.20. The molecule has 0 spiro atoms. The van der Waals surface area contributed by atoms with Crippen LogP contribution >= 0.6 is 0 Å². The zero-order valence-corrected chi connectivity index (χ0v) is 16.7. The second-order valence-corrected chi connectivity index (χ2v) is 7.24. The number of fused-ring (bicyclic) bond motifs is 3. The normalized spacial score (nSPS) is 11.2. The molecule has 1 N–H and O–H groups in total. The average Bonchev–Trinajstić information content (AvgIpc) is 3.37. The van der Waals surface area contributed by atoms with Gasteiger partial charge in [-0.2, -0.15) is 5.10 Å². The minimum absolute atomic E-state index is 0.138. The number of amides is 1. The van der Waals surface area contributed by atoms with Gasteiger partial charge in [0.2, 0.25) is 5.91 Å². The quantitative estimate of drug-likeness (QED) is 0.463. The lowest BCUT2D eigenvalue weighted by Crippen LogP contribution is -2.33. The minimum atomic E-state index is -0.363. The lowest BCUT2D eigenvalue weighted by atomic mass is 10.1. The van der Waals surface area contributed by atoms with Crippen molar-refractivity contribution in [1.82, 2.24) is 29.1 Å². The Balaban J connectivity index is 1.37. The van der Waals surface area contributed by atoms with Crippen molar-refractivity contribution in [2.75, 3.05) is 6.54 Å². The van der Waals surface area contributed by atoms with E-state index in [1.807, 2.05) is 66.7 Å². The number of hydrogen-bond donors (Lipinski definition) is 1. The van der Waals surface area contributed by atoms with E-state index in [1.54, 1.807) is 16.9 Å². The maximum Gasteiger partial charge on any atom is 0.350 e. The molecule has 8 nitrogen and oxygen atoms in total. The molecule has 0 bridgehead atoms. The van der Waals surface area contributed by atoms with E-state index >= 15 is 0 Å². The van der Waals surface area contributed by atoms with Crippen molar-refractivity contribution in [2.24, 2.45) is 0 Å². The number of benzene rings is 2. The van der Waals surface area contributed by atoms with Gasteiger partial charge >= 0.3 is 5.69 Å². The summed E-state index contributed by atoms with van der Waals surface area (Å²) in [6, 6.07) is 21.6. The predicted octanol–water partition coefficient (Wildman–Crippen LogP) is 2.17. The van der Waals surface area contributed by atoms with Crippen LogP contribution in [0.1, 0.15) is 5.56 Å². The van der Waals surface area contributed by atoms with E-state index in [0.717, 1.165) is 23.2 Å². The van der Waals surface area contributed by atoms with Crippen molar-refractivity contribution in [2.45, 2.75) is 13.0 Å². The van der Waals surface area contributed by atoms with Crippen LogP contribution in [0.2, 0.25) is 0 Å². The number of rotatable bonds is 6. The van der Waals surface area contributed by atoms with Crippen LogP contribution < -0.4 is 11.0 Å². The topological polar surface area (TPSA) is 85.7 Å². The molecule has 154 valence electrons. The van der Waals surface area contributed by atoms with Crippen molar-refractivity contribution < 1.29 is 4.79 Å². The molecule has 8 heteroatoms. The summed E-state index contributed by atoms with van der Waals surface area (Å²) in [4.78, 5) is 25.1. The molecule has 0 unspecified atom stereocenters. The van der Waals surface area contributed by atoms with E-state index in [1.165, 1.54) is 9.08 Å². The average molecular weight is 412 g/mol. The molecule has 5 aromatic rings. The Morgan fingerprint density at radius 2 is 1.68 bits per heavy atom. The van der Waals surface area contributed by atoms with E-state index in [2.05, 4.69) is 15.5 Å². The van der Waals surface area contributed by atoms with Crippen molar-refractivity contribution in [3.8, 4) is 11.3 Å². The largest absolute Gasteiger partial charge is 0.354 e. The molecule has 0 saturated heterocycles. The van der Waals surface area contributed by atoms with Gasteiger partial charge < -0.3 is 5.32 Å². The third kappa shape index (κ3) is 3.71. The highest BCUT2D eigenvalue weighted by Gasteiger charge is 2.15. The third-order valence-corrected chi connectivity index (χ3v) is 5.13. The molecule has 0 saturated carbocycles. The fraction of sp³-hybridized carbons (Fsp3) is 0.130. The summed E-state index contributed by atoms with van der Waals surface area (Å²) < 4.78 is 4.31. The molecular weight excluding hydrogens is 392 g/mol. The van der Waals surface area contributed by atoms with Gasteiger partial charge in [-0.1, -0.05) is 60.7 Å². The summed E-state index contributed by atoms with van der Waals surface area (Å²) in [5, 5.41) is 11.8. The molecule has 0 aliphatic rings. The Morgan fingerprint density at radius 3 is 2.45 bits per heavy atom. The fourth-order valence-corrected chi connectivity index (χ4v) is 3.57. The van der Waals surface area contributed by atoms with Crippen molar-refractivity contribution >= 4 is 17.1 Å². The molecule has 3 aromatic heterocycles. The van der Waals surface area contributed by atoms with Gasteiger partial charge in [0, 0.05) is 24.5 Å². The summed E-state index contributed by atoms with van der Waals surface area (Å²) in [7, 11) is 0. The molecule has 0 fully saturated rings. The highest BCUT2D eigenvalue weighted by atomic mass is 16.2. The SMILES string of the molecule is O=C(Cn1nc2c3cc(-c4ccccc4)nn3ccn2c1=O)NCCc1ccccc1. The number of aromatic nitrogens is 5. The Kier molecular flexibility index (Phi) is 4.80. The molecule has 1 amide bonds. The van der Waals surface area contributed by atoms with Gasteiger partial charge in [0.15, 0.2) is 5.65 Å². The molecule has 0 atom stereocenters. The molecule has 0 radical (unpaired) electrons. The van der Waals surface area contributed by atoms with E-state index in [-0.39, 0.29) is 18.1 Å². The first kappa shape index (κ1) is 18.8. The predicted molar refractivity (Wildman–Crippen MR) is 117 cm³/mol. The Labute approximate surface area is 177 Å². The smallest absolute Gasteiger partial charge is 0.350 e. The van der Waals surface area contributed by atoms with Crippen molar-refractivity contribution in [1.29, 1.82) is 0 Å². The second-order valence-electron chi connectivity index (χ2n) is 7.24. The zero-order valence-electron chi connectivity index (χ0n) is 16.7. The van der Waals surface area contributed by atoms with Gasteiger partial charge in [-0.05, 0) is 18.1 Å². The Hall–Kier alpha value is -4.20. The third-order valence-electron chi connectivity index (χ3n) is 5.13. The van der Waals surface area contributed by atoms with Gasteiger partial charge in [-0.15, -0.1) is 5.10 Å². The van der Waals surface area contributed by atoms with E-state index in [9.17, 15) is 9.59 Å². The van der Waals surface area contributed by atoms with E-state index in [4.69, 9.17) is 0 Å². The molecule has 2 aromatic carbocycles. The maximum atomic E-state index is 12.7. The summed E-state index contributed by atoms with van der Waals surface area (Å²) in [6.07, 6.45) is 4.05. The number of nitrogens with one attached hydrogen (secondary N) is 1. The van der Waals surface area contributed by atoms with Gasteiger partial charge in [0.1, 0.15) is 12.1 Å². The van der Waals surface area contributed by atoms with Gasteiger partial charge in [0.05, 0.1) is 5.69 Å². The van der Waals surface area contributed by atoms with Crippen LogP contribution in [0.3, 0.4) is 0 Å². The minimum Gasteiger partial charge on any atom is -0.354 e. The monoisotopic (exact) mass is 412 g/mol. The van der Waals surface area contributed by atoms with Crippen LogP contribution in [-0.2, 0) is 17.8 Å².